The second-order valence-corrected chi connectivity index (χ2v) is 4.32. The molecule has 2 aromatic rings. The molecular weight excluding hydrogens is 273 g/mol. The Morgan fingerprint density at radius 3 is 2.75 bits per heavy atom. The molecule has 0 spiro atoms. The summed E-state index contributed by atoms with van der Waals surface area (Å²) < 4.78 is 15.7. The van der Waals surface area contributed by atoms with Gasteiger partial charge in [0.15, 0.2) is 0 Å². The van der Waals surface area contributed by atoms with E-state index in [0.717, 1.165) is 0 Å². The Labute approximate surface area is 100 Å². The fraction of sp³-hybridized carbons (Fsp3) is 0.0833. The van der Waals surface area contributed by atoms with Crippen LogP contribution in [0.1, 0.15) is 5.56 Å². The molecule has 2 rings (SSSR count). The Balaban J connectivity index is 2.35. The summed E-state index contributed by atoms with van der Waals surface area (Å²) in [5, 5.41) is 0. The lowest BCUT2D eigenvalue weighted by Crippen LogP contribution is -2.18. The maximum atomic E-state index is 13.5. The van der Waals surface area contributed by atoms with E-state index in [9.17, 15) is 9.18 Å². The van der Waals surface area contributed by atoms with Crippen LogP contribution < -0.4 is 5.56 Å². The summed E-state index contributed by atoms with van der Waals surface area (Å²) in [4.78, 5) is 11.4. The topological polar surface area (TPSA) is 22.0 Å². The van der Waals surface area contributed by atoms with Crippen LogP contribution in [0.3, 0.4) is 0 Å². The minimum atomic E-state index is -0.315. The molecule has 0 saturated carbocycles. The number of pyridine rings is 1. The lowest BCUT2D eigenvalue weighted by molar-refractivity contribution is 0.595. The fourth-order valence-electron chi connectivity index (χ4n) is 1.42. The number of rotatable bonds is 2. The summed E-state index contributed by atoms with van der Waals surface area (Å²) in [5.74, 6) is -0.315. The quantitative estimate of drug-likeness (QED) is 0.830. The minimum Gasteiger partial charge on any atom is -0.311 e. The third kappa shape index (κ3) is 2.39. The van der Waals surface area contributed by atoms with Crippen molar-refractivity contribution >= 4 is 15.9 Å². The first-order valence-electron chi connectivity index (χ1n) is 4.76. The summed E-state index contributed by atoms with van der Waals surface area (Å²) in [5.41, 5.74) is 0.362. The number of hydrogen-bond acceptors (Lipinski definition) is 1. The molecule has 1 heterocycles. The molecular formula is C12H9BrFNO. The monoisotopic (exact) mass is 281 g/mol. The zero-order chi connectivity index (χ0) is 11.5. The average Bonchev–Trinajstić information content (AvgIpc) is 2.25. The number of hydrogen-bond donors (Lipinski definition) is 0. The third-order valence-electron chi connectivity index (χ3n) is 2.25. The van der Waals surface area contributed by atoms with Crippen molar-refractivity contribution in [1.29, 1.82) is 0 Å². The van der Waals surface area contributed by atoms with Crippen molar-refractivity contribution in [3.63, 3.8) is 0 Å². The van der Waals surface area contributed by atoms with Crippen LogP contribution >= 0.6 is 15.9 Å². The second-order valence-electron chi connectivity index (χ2n) is 3.40. The van der Waals surface area contributed by atoms with Gasteiger partial charge in [-0.3, -0.25) is 4.79 Å². The van der Waals surface area contributed by atoms with Crippen LogP contribution in [0.4, 0.5) is 4.39 Å². The highest BCUT2D eigenvalue weighted by atomic mass is 79.9. The largest absolute Gasteiger partial charge is 0.311 e. The Bertz CT molecular complexity index is 565. The van der Waals surface area contributed by atoms with Crippen molar-refractivity contribution in [3.8, 4) is 0 Å². The Kier molecular flexibility index (Phi) is 3.19. The SMILES string of the molecule is O=c1ccccn1Cc1ccc(Br)cc1F. The molecule has 0 radical (unpaired) electrons. The summed E-state index contributed by atoms with van der Waals surface area (Å²) in [7, 11) is 0. The van der Waals surface area contributed by atoms with Gasteiger partial charge < -0.3 is 4.57 Å². The van der Waals surface area contributed by atoms with Gasteiger partial charge in [0.25, 0.3) is 5.56 Å². The molecule has 2 nitrogen and oxygen atoms in total. The van der Waals surface area contributed by atoms with Gasteiger partial charge in [0.2, 0.25) is 0 Å². The highest BCUT2D eigenvalue weighted by molar-refractivity contribution is 9.10. The zero-order valence-electron chi connectivity index (χ0n) is 8.36. The molecule has 1 aromatic carbocycles. The average molecular weight is 282 g/mol. The fourth-order valence-corrected chi connectivity index (χ4v) is 1.76. The van der Waals surface area contributed by atoms with Crippen LogP contribution in [-0.2, 0) is 6.54 Å². The van der Waals surface area contributed by atoms with Crippen molar-refractivity contribution in [1.82, 2.24) is 4.57 Å². The molecule has 1 aromatic heterocycles. The van der Waals surface area contributed by atoms with E-state index in [2.05, 4.69) is 15.9 Å². The number of nitrogens with zero attached hydrogens (tertiary/aromatic N) is 1. The Morgan fingerprint density at radius 2 is 2.06 bits per heavy atom. The molecule has 0 bridgehead atoms. The van der Waals surface area contributed by atoms with Gasteiger partial charge in [-0.1, -0.05) is 28.1 Å². The summed E-state index contributed by atoms with van der Waals surface area (Å²) in [6.07, 6.45) is 1.64. The van der Waals surface area contributed by atoms with Gasteiger partial charge in [0.05, 0.1) is 6.54 Å². The van der Waals surface area contributed by atoms with E-state index in [1.165, 1.54) is 16.7 Å². The molecule has 0 amide bonds. The lowest BCUT2D eigenvalue weighted by atomic mass is 10.2. The van der Waals surface area contributed by atoms with Gasteiger partial charge in [-0.2, -0.15) is 0 Å². The van der Waals surface area contributed by atoms with Gasteiger partial charge in [0.1, 0.15) is 5.82 Å². The van der Waals surface area contributed by atoms with Gasteiger partial charge >= 0.3 is 0 Å². The standard InChI is InChI=1S/C12H9BrFNO/c13-10-5-4-9(11(14)7-10)8-15-6-2-1-3-12(15)16/h1-7H,8H2. The van der Waals surface area contributed by atoms with Crippen molar-refractivity contribution in [2.75, 3.05) is 0 Å². The van der Waals surface area contributed by atoms with Crippen molar-refractivity contribution in [3.05, 3.63) is 68.8 Å². The van der Waals surface area contributed by atoms with Crippen molar-refractivity contribution in [2.24, 2.45) is 0 Å². The van der Waals surface area contributed by atoms with Crippen LogP contribution in [0.25, 0.3) is 0 Å². The Morgan fingerprint density at radius 1 is 1.25 bits per heavy atom. The van der Waals surface area contributed by atoms with E-state index >= 15 is 0 Å². The molecule has 0 aliphatic rings. The van der Waals surface area contributed by atoms with E-state index in [1.807, 2.05) is 0 Å². The zero-order valence-corrected chi connectivity index (χ0v) is 9.95. The molecule has 16 heavy (non-hydrogen) atoms. The first-order valence-corrected chi connectivity index (χ1v) is 5.55. The van der Waals surface area contributed by atoms with Crippen LogP contribution in [0.15, 0.2) is 51.9 Å². The first-order chi connectivity index (χ1) is 7.66. The van der Waals surface area contributed by atoms with E-state index < -0.39 is 0 Å². The molecule has 0 fully saturated rings. The number of aromatic nitrogens is 1. The lowest BCUT2D eigenvalue weighted by Gasteiger charge is -2.06. The molecule has 0 atom stereocenters. The van der Waals surface area contributed by atoms with Crippen molar-refractivity contribution < 1.29 is 4.39 Å². The molecule has 0 unspecified atom stereocenters. The highest BCUT2D eigenvalue weighted by Crippen LogP contribution is 2.15. The van der Waals surface area contributed by atoms with Gasteiger partial charge in [0, 0.05) is 22.3 Å². The molecule has 4 heteroatoms. The summed E-state index contributed by atoms with van der Waals surface area (Å²) >= 11 is 3.19. The minimum absolute atomic E-state index is 0.134. The summed E-state index contributed by atoms with van der Waals surface area (Å²) in [6, 6.07) is 9.68. The van der Waals surface area contributed by atoms with Gasteiger partial charge in [-0.15, -0.1) is 0 Å². The number of benzene rings is 1. The second kappa shape index (κ2) is 4.61. The molecule has 0 aliphatic carbocycles. The van der Waals surface area contributed by atoms with Crippen LogP contribution in [0.2, 0.25) is 0 Å². The number of halogens is 2. The smallest absolute Gasteiger partial charge is 0.250 e. The normalized spacial score (nSPS) is 10.4. The molecule has 0 N–H and O–H groups in total. The maximum Gasteiger partial charge on any atom is 0.250 e. The molecule has 0 aliphatic heterocycles. The van der Waals surface area contributed by atoms with Crippen LogP contribution in [0, 0.1) is 5.82 Å². The highest BCUT2D eigenvalue weighted by Gasteiger charge is 2.03. The predicted octanol–water partition coefficient (Wildman–Crippen LogP) is 2.80. The summed E-state index contributed by atoms with van der Waals surface area (Å²) in [6.45, 7) is 0.249. The molecule has 82 valence electrons. The first kappa shape index (κ1) is 11.1. The van der Waals surface area contributed by atoms with Crippen LogP contribution in [0.5, 0.6) is 0 Å². The van der Waals surface area contributed by atoms with Crippen LogP contribution in [-0.4, -0.2) is 4.57 Å². The Hall–Kier alpha value is -1.42. The molecule has 0 saturated heterocycles. The maximum absolute atomic E-state index is 13.5. The van der Waals surface area contributed by atoms with E-state index in [0.29, 0.717) is 10.0 Å². The van der Waals surface area contributed by atoms with E-state index in [-0.39, 0.29) is 17.9 Å². The van der Waals surface area contributed by atoms with E-state index in [1.54, 1.807) is 30.5 Å². The third-order valence-corrected chi connectivity index (χ3v) is 2.75. The van der Waals surface area contributed by atoms with Gasteiger partial charge in [-0.25, -0.2) is 4.39 Å². The van der Waals surface area contributed by atoms with Gasteiger partial charge in [-0.05, 0) is 18.2 Å². The predicted molar refractivity (Wildman–Crippen MR) is 63.9 cm³/mol. The van der Waals surface area contributed by atoms with E-state index in [4.69, 9.17) is 0 Å². The van der Waals surface area contributed by atoms with Crippen molar-refractivity contribution in [2.45, 2.75) is 6.54 Å².